The molecule has 0 aromatic carbocycles. The zero-order chi connectivity index (χ0) is 21.9. The second kappa shape index (κ2) is 9.40. The Bertz CT molecular complexity index is 1040. The number of piperazine rings is 1. The highest BCUT2D eigenvalue weighted by molar-refractivity contribution is 5.93. The van der Waals surface area contributed by atoms with Gasteiger partial charge in [-0.05, 0) is 26.0 Å². The molecular weight excluding hydrogens is 408 g/mol. The van der Waals surface area contributed by atoms with Crippen molar-refractivity contribution in [2.45, 2.75) is 26.1 Å². The number of anilines is 1. The Balaban J connectivity index is 1.29. The van der Waals surface area contributed by atoms with Crippen molar-refractivity contribution in [2.24, 2.45) is 0 Å². The van der Waals surface area contributed by atoms with E-state index in [2.05, 4.69) is 36.0 Å². The maximum absolute atomic E-state index is 5.80. The molecule has 170 valence electrons. The third kappa shape index (κ3) is 4.69. The zero-order valence-electron chi connectivity index (χ0n) is 18.7. The van der Waals surface area contributed by atoms with E-state index in [1.807, 2.05) is 32.2 Å². The highest BCUT2D eigenvalue weighted by Crippen LogP contribution is 2.30. The second-order valence-corrected chi connectivity index (χ2v) is 8.57. The molecule has 0 amide bonds. The number of hydrogen-bond acceptors (Lipinski definition) is 8. The van der Waals surface area contributed by atoms with E-state index in [1.54, 1.807) is 6.20 Å². The molecule has 0 bridgehead atoms. The Labute approximate surface area is 187 Å². The minimum absolute atomic E-state index is 0.0682. The van der Waals surface area contributed by atoms with Gasteiger partial charge in [0.25, 0.3) is 0 Å². The number of rotatable bonds is 6. The molecule has 1 N–H and O–H groups in total. The summed E-state index contributed by atoms with van der Waals surface area (Å²) in [5.41, 5.74) is 2.79. The first-order valence-electron chi connectivity index (χ1n) is 11.3. The molecule has 0 spiro atoms. The number of pyridine rings is 2. The summed E-state index contributed by atoms with van der Waals surface area (Å²) in [5, 5.41) is 8.62. The Hall–Kier alpha value is -2.75. The fraction of sp³-hybridized carbons (Fsp3) is 0.522. The van der Waals surface area contributed by atoms with Crippen LogP contribution in [-0.2, 0) is 9.47 Å². The van der Waals surface area contributed by atoms with Gasteiger partial charge in [0.05, 0.1) is 43.7 Å². The van der Waals surface area contributed by atoms with Crippen molar-refractivity contribution < 1.29 is 14.2 Å². The molecule has 9 nitrogen and oxygen atoms in total. The summed E-state index contributed by atoms with van der Waals surface area (Å²) in [6.07, 6.45) is 3.88. The monoisotopic (exact) mass is 438 g/mol. The number of H-pyrrole nitrogens is 1. The van der Waals surface area contributed by atoms with Crippen molar-refractivity contribution in [1.29, 1.82) is 0 Å². The number of nitrogens with zero attached hydrogens (tertiary/aromatic N) is 5. The number of nitrogens with one attached hydrogen (secondary N) is 1. The molecule has 5 heterocycles. The third-order valence-electron chi connectivity index (χ3n) is 5.84. The van der Waals surface area contributed by atoms with Gasteiger partial charge in [0.1, 0.15) is 11.5 Å². The van der Waals surface area contributed by atoms with Gasteiger partial charge in [0, 0.05) is 55.9 Å². The standard InChI is InChI=1S/C23H30N6O3/c1-16(2)32-22-12-19-20(13-25-22)26-27-23(19)17-3-4-24-21(11-17)29-7-5-28(6-8-29)14-18-15-30-9-10-31-18/h3-4,11-13,16,18H,5-10,14-15H2,1-2H3,(H,26,27). The molecule has 2 fully saturated rings. The van der Waals surface area contributed by atoms with E-state index in [4.69, 9.17) is 14.2 Å². The fourth-order valence-corrected chi connectivity index (χ4v) is 4.25. The number of hydrogen-bond donors (Lipinski definition) is 1. The van der Waals surface area contributed by atoms with Gasteiger partial charge >= 0.3 is 0 Å². The van der Waals surface area contributed by atoms with Crippen LogP contribution in [0.2, 0.25) is 0 Å². The SMILES string of the molecule is CC(C)Oc1cc2c(-c3ccnc(N4CCN(CC5COCCO5)CC4)c3)n[nH]c2cn1. The molecule has 9 heteroatoms. The molecule has 3 aromatic heterocycles. The molecule has 0 saturated carbocycles. The van der Waals surface area contributed by atoms with Crippen LogP contribution in [0.25, 0.3) is 22.2 Å². The Morgan fingerprint density at radius 2 is 2.03 bits per heavy atom. The molecule has 5 rings (SSSR count). The molecule has 32 heavy (non-hydrogen) atoms. The van der Waals surface area contributed by atoms with Gasteiger partial charge in [-0.1, -0.05) is 0 Å². The van der Waals surface area contributed by atoms with E-state index in [0.29, 0.717) is 25.7 Å². The van der Waals surface area contributed by atoms with Crippen LogP contribution in [0.1, 0.15) is 13.8 Å². The molecular formula is C23H30N6O3. The van der Waals surface area contributed by atoms with Crippen LogP contribution < -0.4 is 9.64 Å². The summed E-state index contributed by atoms with van der Waals surface area (Å²) in [7, 11) is 0. The van der Waals surface area contributed by atoms with Gasteiger partial charge in [0.2, 0.25) is 5.88 Å². The third-order valence-corrected chi connectivity index (χ3v) is 5.84. The lowest BCUT2D eigenvalue weighted by atomic mass is 10.1. The van der Waals surface area contributed by atoms with Gasteiger partial charge in [-0.2, -0.15) is 5.10 Å². The smallest absolute Gasteiger partial charge is 0.214 e. The van der Waals surface area contributed by atoms with Gasteiger partial charge in [0.15, 0.2) is 0 Å². The molecule has 2 aliphatic rings. The lowest BCUT2D eigenvalue weighted by Gasteiger charge is -2.37. The van der Waals surface area contributed by atoms with Crippen molar-refractivity contribution in [3.05, 3.63) is 30.6 Å². The average molecular weight is 439 g/mol. The first-order chi connectivity index (χ1) is 15.7. The van der Waals surface area contributed by atoms with Crippen LogP contribution >= 0.6 is 0 Å². The maximum Gasteiger partial charge on any atom is 0.214 e. The topological polar surface area (TPSA) is 88.6 Å². The molecule has 2 aliphatic heterocycles. The van der Waals surface area contributed by atoms with E-state index in [-0.39, 0.29) is 12.2 Å². The largest absolute Gasteiger partial charge is 0.475 e. The molecule has 2 saturated heterocycles. The summed E-state index contributed by atoms with van der Waals surface area (Å²) < 4.78 is 17.1. The number of aromatic amines is 1. The van der Waals surface area contributed by atoms with Gasteiger partial charge < -0.3 is 19.1 Å². The highest BCUT2D eigenvalue weighted by atomic mass is 16.6. The fourth-order valence-electron chi connectivity index (χ4n) is 4.25. The first-order valence-corrected chi connectivity index (χ1v) is 11.3. The Morgan fingerprint density at radius 1 is 1.16 bits per heavy atom. The van der Waals surface area contributed by atoms with Crippen molar-refractivity contribution in [2.75, 3.05) is 57.4 Å². The molecule has 0 radical (unpaired) electrons. The number of ether oxygens (including phenoxy) is 3. The normalized spacial score (nSPS) is 20.2. The van der Waals surface area contributed by atoms with E-state index < -0.39 is 0 Å². The van der Waals surface area contributed by atoms with Crippen LogP contribution in [-0.4, -0.2) is 89.8 Å². The molecule has 1 unspecified atom stereocenters. The van der Waals surface area contributed by atoms with Gasteiger partial charge in [-0.15, -0.1) is 0 Å². The van der Waals surface area contributed by atoms with Gasteiger partial charge in [-0.3, -0.25) is 10.00 Å². The maximum atomic E-state index is 5.80. The minimum atomic E-state index is 0.0682. The minimum Gasteiger partial charge on any atom is -0.475 e. The Morgan fingerprint density at radius 3 is 2.81 bits per heavy atom. The molecule has 1 atom stereocenters. The van der Waals surface area contributed by atoms with Crippen molar-refractivity contribution in [3.63, 3.8) is 0 Å². The summed E-state index contributed by atoms with van der Waals surface area (Å²) in [4.78, 5) is 13.8. The van der Waals surface area contributed by atoms with E-state index in [1.165, 1.54) is 0 Å². The van der Waals surface area contributed by atoms with Crippen LogP contribution in [0, 0.1) is 0 Å². The van der Waals surface area contributed by atoms with Crippen LogP contribution in [0.5, 0.6) is 5.88 Å². The quantitative estimate of drug-likeness (QED) is 0.627. The van der Waals surface area contributed by atoms with Crippen molar-refractivity contribution >= 4 is 16.7 Å². The van der Waals surface area contributed by atoms with Crippen LogP contribution in [0.4, 0.5) is 5.82 Å². The lowest BCUT2D eigenvalue weighted by molar-refractivity contribution is -0.0977. The second-order valence-electron chi connectivity index (χ2n) is 8.57. The molecule has 0 aliphatic carbocycles. The Kier molecular flexibility index (Phi) is 6.20. The predicted molar refractivity (Wildman–Crippen MR) is 122 cm³/mol. The van der Waals surface area contributed by atoms with Gasteiger partial charge in [-0.25, -0.2) is 9.97 Å². The van der Waals surface area contributed by atoms with Crippen molar-refractivity contribution in [3.8, 4) is 17.1 Å². The summed E-state index contributed by atoms with van der Waals surface area (Å²) in [5.74, 6) is 1.58. The van der Waals surface area contributed by atoms with Crippen LogP contribution in [0.15, 0.2) is 30.6 Å². The highest BCUT2D eigenvalue weighted by Gasteiger charge is 2.23. The molecule has 3 aromatic rings. The summed E-state index contributed by atoms with van der Waals surface area (Å²) >= 11 is 0. The average Bonchev–Trinajstić information content (AvgIpc) is 3.23. The van der Waals surface area contributed by atoms with E-state index in [0.717, 1.165) is 60.7 Å². The van der Waals surface area contributed by atoms with E-state index >= 15 is 0 Å². The number of fused-ring (bicyclic) bond motifs is 1. The lowest BCUT2D eigenvalue weighted by Crippen LogP contribution is -2.50. The predicted octanol–water partition coefficient (Wildman–Crippen LogP) is 2.34. The van der Waals surface area contributed by atoms with Crippen molar-refractivity contribution in [1.82, 2.24) is 25.1 Å². The van der Waals surface area contributed by atoms with E-state index in [9.17, 15) is 0 Å². The number of aromatic nitrogens is 4. The first kappa shape index (κ1) is 21.1. The summed E-state index contributed by atoms with van der Waals surface area (Å²) in [6.45, 7) is 10.8. The summed E-state index contributed by atoms with van der Waals surface area (Å²) in [6, 6.07) is 6.07. The van der Waals surface area contributed by atoms with Crippen LogP contribution in [0.3, 0.4) is 0 Å². The zero-order valence-corrected chi connectivity index (χ0v) is 18.7.